The van der Waals surface area contributed by atoms with E-state index in [4.69, 9.17) is 11.6 Å². The van der Waals surface area contributed by atoms with E-state index in [9.17, 15) is 4.39 Å². The van der Waals surface area contributed by atoms with Crippen molar-refractivity contribution in [2.45, 2.75) is 6.54 Å². The molecule has 3 aromatic rings. The number of nitrogens with zero attached hydrogens (tertiary/aromatic N) is 2. The first-order valence-electron chi connectivity index (χ1n) is 6.23. The molecule has 0 radical (unpaired) electrons. The van der Waals surface area contributed by atoms with Crippen molar-refractivity contribution in [3.05, 3.63) is 59.0 Å². The number of aromatic nitrogens is 2. The number of fused-ring (bicyclic) bond motifs is 1. The maximum Gasteiger partial charge on any atom is 0.129 e. The fourth-order valence-corrected chi connectivity index (χ4v) is 2.40. The maximum absolute atomic E-state index is 13.7. The van der Waals surface area contributed by atoms with E-state index < -0.39 is 0 Å². The summed E-state index contributed by atoms with van der Waals surface area (Å²) in [4.78, 5) is 0. The maximum atomic E-state index is 13.7. The zero-order valence-corrected chi connectivity index (χ0v) is 11.7. The highest BCUT2D eigenvalue weighted by molar-refractivity contribution is 6.31. The molecule has 20 heavy (non-hydrogen) atoms. The molecule has 0 unspecified atom stereocenters. The van der Waals surface area contributed by atoms with Crippen molar-refractivity contribution < 1.29 is 4.39 Å². The number of benzene rings is 2. The van der Waals surface area contributed by atoms with Gasteiger partial charge in [0, 0.05) is 35.3 Å². The molecule has 5 heteroatoms. The van der Waals surface area contributed by atoms with Crippen molar-refractivity contribution in [2.24, 2.45) is 7.05 Å². The Hall–Kier alpha value is -2.07. The average molecular weight is 290 g/mol. The largest absolute Gasteiger partial charge is 0.381 e. The van der Waals surface area contributed by atoms with E-state index in [-0.39, 0.29) is 5.82 Å². The molecule has 102 valence electrons. The van der Waals surface area contributed by atoms with Gasteiger partial charge in [0.05, 0.1) is 11.7 Å². The molecule has 2 aromatic carbocycles. The van der Waals surface area contributed by atoms with Crippen LogP contribution in [0.3, 0.4) is 0 Å². The number of hydrogen-bond donors (Lipinski definition) is 1. The molecule has 0 aliphatic rings. The van der Waals surface area contributed by atoms with Crippen molar-refractivity contribution in [2.75, 3.05) is 5.32 Å². The first kappa shape index (κ1) is 12.9. The van der Waals surface area contributed by atoms with E-state index in [1.807, 2.05) is 29.9 Å². The lowest BCUT2D eigenvalue weighted by atomic mass is 10.2. The van der Waals surface area contributed by atoms with Crippen LogP contribution in [0.25, 0.3) is 10.9 Å². The van der Waals surface area contributed by atoms with E-state index in [1.54, 1.807) is 18.3 Å². The smallest absolute Gasteiger partial charge is 0.129 e. The van der Waals surface area contributed by atoms with Gasteiger partial charge in [0.2, 0.25) is 0 Å². The lowest BCUT2D eigenvalue weighted by Gasteiger charge is -2.09. The Balaban J connectivity index is 1.83. The molecule has 1 N–H and O–H groups in total. The van der Waals surface area contributed by atoms with Gasteiger partial charge in [-0.3, -0.25) is 4.68 Å². The molecule has 0 aliphatic heterocycles. The molecule has 0 atom stereocenters. The molecule has 3 rings (SSSR count). The molecule has 0 saturated heterocycles. The van der Waals surface area contributed by atoms with E-state index in [0.29, 0.717) is 17.1 Å². The van der Waals surface area contributed by atoms with Gasteiger partial charge in [0.1, 0.15) is 5.82 Å². The van der Waals surface area contributed by atoms with Crippen LogP contribution in [0.5, 0.6) is 0 Å². The molecule has 0 fully saturated rings. The highest BCUT2D eigenvalue weighted by atomic mass is 35.5. The first-order valence-corrected chi connectivity index (χ1v) is 6.61. The van der Waals surface area contributed by atoms with Crippen LogP contribution in [-0.2, 0) is 13.6 Å². The number of anilines is 1. The first-order chi connectivity index (χ1) is 9.65. The molecular formula is C15H13ClFN3. The van der Waals surface area contributed by atoms with Gasteiger partial charge in [0.25, 0.3) is 0 Å². The predicted octanol–water partition coefficient (Wildman–Crippen LogP) is 3.98. The second-order valence-corrected chi connectivity index (χ2v) is 5.00. The number of hydrogen-bond acceptors (Lipinski definition) is 2. The Kier molecular flexibility index (Phi) is 3.32. The van der Waals surface area contributed by atoms with E-state index in [2.05, 4.69) is 10.4 Å². The van der Waals surface area contributed by atoms with Crippen LogP contribution in [0.4, 0.5) is 10.1 Å². The third-order valence-electron chi connectivity index (χ3n) is 3.28. The molecule has 0 aliphatic carbocycles. The van der Waals surface area contributed by atoms with Crippen molar-refractivity contribution in [1.82, 2.24) is 9.78 Å². The molecule has 3 nitrogen and oxygen atoms in total. The number of halogens is 2. The van der Waals surface area contributed by atoms with E-state index in [1.165, 1.54) is 6.07 Å². The third kappa shape index (κ3) is 2.34. The molecular weight excluding hydrogens is 277 g/mol. The summed E-state index contributed by atoms with van der Waals surface area (Å²) < 4.78 is 15.5. The third-order valence-corrected chi connectivity index (χ3v) is 3.63. The SMILES string of the molecule is Cn1ncc2cc(NCc3c(F)cccc3Cl)ccc21. The Labute approximate surface area is 121 Å². The summed E-state index contributed by atoms with van der Waals surface area (Å²) >= 11 is 6.00. The minimum absolute atomic E-state index is 0.299. The predicted molar refractivity (Wildman–Crippen MR) is 79.5 cm³/mol. The summed E-state index contributed by atoms with van der Waals surface area (Å²) in [6, 6.07) is 10.6. The van der Waals surface area contributed by atoms with Crippen molar-refractivity contribution >= 4 is 28.2 Å². The Morgan fingerprint density at radius 3 is 2.95 bits per heavy atom. The highest BCUT2D eigenvalue weighted by Crippen LogP contribution is 2.22. The number of aryl methyl sites for hydroxylation is 1. The fraction of sp³-hybridized carbons (Fsp3) is 0.133. The zero-order valence-electron chi connectivity index (χ0n) is 10.9. The van der Waals surface area contributed by atoms with E-state index >= 15 is 0 Å². The minimum atomic E-state index is -0.299. The molecule has 1 aromatic heterocycles. The standard InChI is InChI=1S/C15H13ClFN3/c1-20-15-6-5-11(7-10(15)8-19-20)18-9-12-13(16)3-2-4-14(12)17/h2-8,18H,9H2,1H3. The van der Waals surface area contributed by atoms with Crippen molar-refractivity contribution in [1.29, 1.82) is 0 Å². The monoisotopic (exact) mass is 289 g/mol. The minimum Gasteiger partial charge on any atom is -0.381 e. The van der Waals surface area contributed by atoms with Gasteiger partial charge >= 0.3 is 0 Å². The number of rotatable bonds is 3. The summed E-state index contributed by atoms with van der Waals surface area (Å²) in [6.45, 7) is 0.345. The molecule has 0 saturated carbocycles. The summed E-state index contributed by atoms with van der Waals surface area (Å²) in [5, 5.41) is 8.84. The lowest BCUT2D eigenvalue weighted by molar-refractivity contribution is 0.613. The van der Waals surface area contributed by atoms with Crippen LogP contribution < -0.4 is 5.32 Å². The Bertz CT molecular complexity index is 747. The fourth-order valence-electron chi connectivity index (χ4n) is 2.17. The van der Waals surface area contributed by atoms with Crippen LogP contribution in [0.15, 0.2) is 42.6 Å². The molecule has 0 bridgehead atoms. The summed E-state index contributed by atoms with van der Waals surface area (Å²) in [7, 11) is 1.90. The normalized spacial score (nSPS) is 10.9. The Morgan fingerprint density at radius 2 is 2.15 bits per heavy atom. The van der Waals surface area contributed by atoms with Crippen LogP contribution in [0, 0.1) is 5.82 Å². The van der Waals surface area contributed by atoms with Gasteiger partial charge in [-0.15, -0.1) is 0 Å². The average Bonchev–Trinajstić information content (AvgIpc) is 2.79. The number of nitrogens with one attached hydrogen (secondary N) is 1. The molecule has 1 heterocycles. The van der Waals surface area contributed by atoms with Gasteiger partial charge < -0.3 is 5.32 Å². The quantitative estimate of drug-likeness (QED) is 0.790. The topological polar surface area (TPSA) is 29.9 Å². The van der Waals surface area contributed by atoms with Crippen LogP contribution in [0.1, 0.15) is 5.56 Å². The van der Waals surface area contributed by atoms with Crippen LogP contribution in [0.2, 0.25) is 5.02 Å². The van der Waals surface area contributed by atoms with E-state index in [0.717, 1.165) is 16.6 Å². The van der Waals surface area contributed by atoms with Crippen LogP contribution >= 0.6 is 11.6 Å². The summed E-state index contributed by atoms with van der Waals surface area (Å²) in [5.41, 5.74) is 2.43. The second kappa shape index (κ2) is 5.13. The van der Waals surface area contributed by atoms with Gasteiger partial charge in [0.15, 0.2) is 0 Å². The van der Waals surface area contributed by atoms with Gasteiger partial charge in [-0.2, -0.15) is 5.10 Å². The summed E-state index contributed by atoms with van der Waals surface area (Å²) in [6.07, 6.45) is 1.80. The second-order valence-electron chi connectivity index (χ2n) is 4.60. The van der Waals surface area contributed by atoms with Gasteiger partial charge in [-0.05, 0) is 30.3 Å². The highest BCUT2D eigenvalue weighted by Gasteiger charge is 2.07. The summed E-state index contributed by atoms with van der Waals surface area (Å²) in [5.74, 6) is -0.299. The Morgan fingerprint density at radius 1 is 1.30 bits per heavy atom. The van der Waals surface area contributed by atoms with Gasteiger partial charge in [-0.1, -0.05) is 17.7 Å². The van der Waals surface area contributed by atoms with Gasteiger partial charge in [-0.25, -0.2) is 4.39 Å². The van der Waals surface area contributed by atoms with Crippen molar-refractivity contribution in [3.63, 3.8) is 0 Å². The van der Waals surface area contributed by atoms with Crippen molar-refractivity contribution in [3.8, 4) is 0 Å². The molecule has 0 amide bonds. The van der Waals surface area contributed by atoms with Crippen LogP contribution in [-0.4, -0.2) is 9.78 Å². The zero-order chi connectivity index (χ0) is 14.1. The lowest BCUT2D eigenvalue weighted by Crippen LogP contribution is -2.02. The molecule has 0 spiro atoms.